The summed E-state index contributed by atoms with van der Waals surface area (Å²) < 4.78 is 5.32. The Labute approximate surface area is 81.3 Å². The van der Waals surface area contributed by atoms with E-state index in [1.165, 1.54) is 0 Å². The quantitative estimate of drug-likeness (QED) is 0.716. The summed E-state index contributed by atoms with van der Waals surface area (Å²) in [5.41, 5.74) is -0.623. The molecule has 13 heavy (non-hydrogen) atoms. The van der Waals surface area contributed by atoms with Crippen LogP contribution in [-0.2, 0) is 4.74 Å². The lowest BCUT2D eigenvalue weighted by Crippen LogP contribution is -2.48. The molecule has 0 aromatic rings. The first-order valence-electron chi connectivity index (χ1n) is 5.26. The second-order valence-electron chi connectivity index (χ2n) is 4.67. The van der Waals surface area contributed by atoms with Crippen LogP contribution in [0.2, 0.25) is 0 Å². The van der Waals surface area contributed by atoms with E-state index in [2.05, 4.69) is 13.8 Å². The van der Waals surface area contributed by atoms with E-state index in [0.29, 0.717) is 11.8 Å². The Morgan fingerprint density at radius 2 is 2.15 bits per heavy atom. The van der Waals surface area contributed by atoms with E-state index in [1.807, 2.05) is 6.92 Å². The number of ether oxygens (including phenoxy) is 1. The van der Waals surface area contributed by atoms with Crippen LogP contribution >= 0.6 is 0 Å². The van der Waals surface area contributed by atoms with Gasteiger partial charge in [0.25, 0.3) is 0 Å². The van der Waals surface area contributed by atoms with E-state index in [4.69, 9.17) is 4.74 Å². The van der Waals surface area contributed by atoms with Gasteiger partial charge in [0.2, 0.25) is 0 Å². The number of hydrogen-bond donors (Lipinski definition) is 1. The highest BCUT2D eigenvalue weighted by Gasteiger charge is 2.41. The van der Waals surface area contributed by atoms with Gasteiger partial charge >= 0.3 is 0 Å². The zero-order valence-corrected chi connectivity index (χ0v) is 9.21. The molecule has 0 saturated heterocycles. The number of rotatable bonds is 2. The molecule has 1 aliphatic carbocycles. The number of methoxy groups -OCH3 is 1. The highest BCUT2D eigenvalue weighted by molar-refractivity contribution is 4.92. The maximum Gasteiger partial charge on any atom is 0.0882 e. The molecule has 0 spiro atoms. The van der Waals surface area contributed by atoms with Gasteiger partial charge in [0.1, 0.15) is 0 Å². The van der Waals surface area contributed by atoms with Crippen molar-refractivity contribution in [3.8, 4) is 0 Å². The summed E-state index contributed by atoms with van der Waals surface area (Å²) in [6, 6.07) is 0. The Kier molecular flexibility index (Phi) is 3.36. The Balaban J connectivity index is 2.66. The smallest absolute Gasteiger partial charge is 0.0882 e. The van der Waals surface area contributed by atoms with Crippen LogP contribution in [0, 0.1) is 11.8 Å². The SMILES string of the molecule is CC[C@H]1C[C@](C)(O)[C@@H](OC)C[C@@H]1C. The molecule has 2 nitrogen and oxygen atoms in total. The minimum Gasteiger partial charge on any atom is -0.387 e. The molecule has 1 saturated carbocycles. The molecule has 0 aliphatic heterocycles. The fourth-order valence-corrected chi connectivity index (χ4v) is 2.54. The molecule has 1 rings (SSSR count). The molecular weight excluding hydrogens is 164 g/mol. The molecule has 0 bridgehead atoms. The van der Waals surface area contributed by atoms with Crippen molar-refractivity contribution >= 4 is 0 Å². The van der Waals surface area contributed by atoms with Gasteiger partial charge in [-0.05, 0) is 31.6 Å². The predicted octanol–water partition coefficient (Wildman–Crippen LogP) is 2.21. The van der Waals surface area contributed by atoms with E-state index in [9.17, 15) is 5.11 Å². The topological polar surface area (TPSA) is 29.5 Å². The summed E-state index contributed by atoms with van der Waals surface area (Å²) in [4.78, 5) is 0. The lowest BCUT2D eigenvalue weighted by molar-refractivity contribution is -0.131. The van der Waals surface area contributed by atoms with Gasteiger partial charge in [0.05, 0.1) is 11.7 Å². The minimum absolute atomic E-state index is 0.0188. The normalized spacial score (nSPS) is 46.4. The molecule has 0 unspecified atom stereocenters. The van der Waals surface area contributed by atoms with Crippen molar-refractivity contribution in [3.63, 3.8) is 0 Å². The first-order valence-corrected chi connectivity index (χ1v) is 5.26. The van der Waals surface area contributed by atoms with E-state index in [1.54, 1.807) is 7.11 Å². The zero-order valence-electron chi connectivity index (χ0n) is 9.21. The first-order chi connectivity index (χ1) is 6.01. The Morgan fingerprint density at radius 1 is 1.54 bits per heavy atom. The molecular formula is C11H22O2. The van der Waals surface area contributed by atoms with Gasteiger partial charge in [-0.15, -0.1) is 0 Å². The van der Waals surface area contributed by atoms with Crippen LogP contribution in [0.5, 0.6) is 0 Å². The summed E-state index contributed by atoms with van der Waals surface area (Å²) in [7, 11) is 1.69. The Bertz CT molecular complexity index is 165. The fourth-order valence-electron chi connectivity index (χ4n) is 2.54. The van der Waals surface area contributed by atoms with Gasteiger partial charge < -0.3 is 9.84 Å². The lowest BCUT2D eigenvalue weighted by Gasteiger charge is -2.43. The molecule has 0 heterocycles. The predicted molar refractivity (Wildman–Crippen MR) is 53.6 cm³/mol. The summed E-state index contributed by atoms with van der Waals surface area (Å²) in [5, 5.41) is 10.1. The summed E-state index contributed by atoms with van der Waals surface area (Å²) >= 11 is 0. The van der Waals surface area contributed by atoms with Crippen molar-refractivity contribution in [1.29, 1.82) is 0 Å². The fraction of sp³-hybridized carbons (Fsp3) is 1.00. The van der Waals surface area contributed by atoms with Crippen LogP contribution in [0.15, 0.2) is 0 Å². The van der Waals surface area contributed by atoms with Gasteiger partial charge in [-0.2, -0.15) is 0 Å². The van der Waals surface area contributed by atoms with Gasteiger partial charge in [0, 0.05) is 7.11 Å². The van der Waals surface area contributed by atoms with Gasteiger partial charge in [-0.25, -0.2) is 0 Å². The maximum atomic E-state index is 10.1. The summed E-state index contributed by atoms with van der Waals surface area (Å²) in [6.07, 6.45) is 3.05. The van der Waals surface area contributed by atoms with Gasteiger partial charge in [-0.1, -0.05) is 20.3 Å². The van der Waals surface area contributed by atoms with E-state index >= 15 is 0 Å². The van der Waals surface area contributed by atoms with E-state index < -0.39 is 5.60 Å². The summed E-state index contributed by atoms with van der Waals surface area (Å²) in [6.45, 7) is 6.36. The first kappa shape index (κ1) is 11.0. The van der Waals surface area contributed by atoms with Crippen molar-refractivity contribution in [2.24, 2.45) is 11.8 Å². The molecule has 1 fully saturated rings. The second-order valence-corrected chi connectivity index (χ2v) is 4.67. The molecule has 2 heteroatoms. The molecule has 1 aliphatic rings. The highest BCUT2D eigenvalue weighted by Crippen LogP contribution is 2.39. The third-order valence-electron chi connectivity index (χ3n) is 3.57. The second kappa shape index (κ2) is 3.97. The van der Waals surface area contributed by atoms with Crippen LogP contribution in [0.25, 0.3) is 0 Å². The third-order valence-corrected chi connectivity index (χ3v) is 3.57. The molecule has 1 N–H and O–H groups in total. The van der Waals surface area contributed by atoms with Crippen LogP contribution < -0.4 is 0 Å². The molecule has 4 atom stereocenters. The van der Waals surface area contributed by atoms with Crippen molar-refractivity contribution < 1.29 is 9.84 Å². The van der Waals surface area contributed by atoms with Crippen LogP contribution in [0.1, 0.15) is 40.0 Å². The van der Waals surface area contributed by atoms with E-state index in [0.717, 1.165) is 19.3 Å². The van der Waals surface area contributed by atoms with E-state index in [-0.39, 0.29) is 6.10 Å². The highest BCUT2D eigenvalue weighted by atomic mass is 16.5. The van der Waals surface area contributed by atoms with Crippen molar-refractivity contribution in [2.45, 2.75) is 51.7 Å². The average molecular weight is 186 g/mol. The average Bonchev–Trinajstić information content (AvgIpc) is 2.08. The lowest BCUT2D eigenvalue weighted by atomic mass is 9.70. The standard InChI is InChI=1S/C11H22O2/c1-5-9-7-11(3,12)10(13-4)6-8(9)2/h8-10,12H,5-7H2,1-4H3/t8-,9-,10-,11-/m0/s1. The van der Waals surface area contributed by atoms with Crippen molar-refractivity contribution in [1.82, 2.24) is 0 Å². The Hall–Kier alpha value is -0.0800. The molecule has 0 amide bonds. The van der Waals surface area contributed by atoms with Crippen LogP contribution in [0.3, 0.4) is 0 Å². The number of aliphatic hydroxyl groups is 1. The molecule has 0 aromatic heterocycles. The van der Waals surface area contributed by atoms with Crippen LogP contribution in [0.4, 0.5) is 0 Å². The van der Waals surface area contributed by atoms with Crippen LogP contribution in [-0.4, -0.2) is 23.9 Å². The number of hydrogen-bond acceptors (Lipinski definition) is 2. The van der Waals surface area contributed by atoms with Gasteiger partial charge in [-0.3, -0.25) is 0 Å². The largest absolute Gasteiger partial charge is 0.387 e. The van der Waals surface area contributed by atoms with Crippen molar-refractivity contribution in [2.75, 3.05) is 7.11 Å². The molecule has 0 radical (unpaired) electrons. The van der Waals surface area contributed by atoms with Gasteiger partial charge in [0.15, 0.2) is 0 Å². The monoisotopic (exact) mass is 186 g/mol. The Morgan fingerprint density at radius 3 is 2.62 bits per heavy atom. The maximum absolute atomic E-state index is 10.1. The van der Waals surface area contributed by atoms with Crippen molar-refractivity contribution in [3.05, 3.63) is 0 Å². The molecule has 0 aromatic carbocycles. The third kappa shape index (κ3) is 2.23. The molecule has 78 valence electrons. The summed E-state index contributed by atoms with van der Waals surface area (Å²) in [5.74, 6) is 1.33. The minimum atomic E-state index is -0.623. The zero-order chi connectivity index (χ0) is 10.1.